The predicted molar refractivity (Wildman–Crippen MR) is 81.5 cm³/mol. The molecule has 2 rings (SSSR count). The molecule has 0 radical (unpaired) electrons. The minimum atomic E-state index is -3.73. The van der Waals surface area contributed by atoms with E-state index >= 15 is 0 Å². The highest BCUT2D eigenvalue weighted by Gasteiger charge is 2.21. The van der Waals surface area contributed by atoms with Crippen molar-refractivity contribution in [2.24, 2.45) is 0 Å². The van der Waals surface area contributed by atoms with Crippen molar-refractivity contribution in [1.82, 2.24) is 10.0 Å². The summed E-state index contributed by atoms with van der Waals surface area (Å²) >= 11 is 0. The van der Waals surface area contributed by atoms with Crippen LogP contribution in [0, 0.1) is 6.92 Å². The molecule has 0 bridgehead atoms. The van der Waals surface area contributed by atoms with Crippen LogP contribution in [0.25, 0.3) is 0 Å². The Morgan fingerprint density at radius 1 is 1.23 bits per heavy atom. The first-order chi connectivity index (χ1) is 10.4. The quantitative estimate of drug-likeness (QED) is 0.845. The third-order valence-electron chi connectivity index (χ3n) is 3.07. The molecule has 1 atom stereocenters. The lowest BCUT2D eigenvalue weighted by atomic mass is 10.2. The molecule has 118 valence electrons. The molecular formula is C15H18N2O4S. The summed E-state index contributed by atoms with van der Waals surface area (Å²) in [5.41, 5.74) is 0.961. The molecule has 0 saturated heterocycles. The zero-order chi connectivity index (χ0) is 16.2. The summed E-state index contributed by atoms with van der Waals surface area (Å²) in [6, 6.07) is 8.97. The van der Waals surface area contributed by atoms with Crippen LogP contribution in [0.3, 0.4) is 0 Å². The fourth-order valence-electron chi connectivity index (χ4n) is 1.81. The van der Waals surface area contributed by atoms with Crippen molar-refractivity contribution >= 4 is 15.9 Å². The Morgan fingerprint density at radius 3 is 2.50 bits per heavy atom. The first kappa shape index (κ1) is 16.3. The van der Waals surface area contributed by atoms with Crippen molar-refractivity contribution in [3.63, 3.8) is 0 Å². The lowest BCUT2D eigenvalue weighted by molar-refractivity contribution is -0.122. The van der Waals surface area contributed by atoms with Gasteiger partial charge in [-0.05, 0) is 38.1 Å². The number of hydrogen-bond acceptors (Lipinski definition) is 4. The van der Waals surface area contributed by atoms with Crippen LogP contribution in [-0.4, -0.2) is 20.4 Å². The van der Waals surface area contributed by atoms with Gasteiger partial charge in [-0.3, -0.25) is 4.79 Å². The van der Waals surface area contributed by atoms with E-state index in [4.69, 9.17) is 4.42 Å². The number of aryl methyl sites for hydroxylation is 1. The Morgan fingerprint density at radius 2 is 1.91 bits per heavy atom. The molecule has 6 nitrogen and oxygen atoms in total. The van der Waals surface area contributed by atoms with E-state index in [2.05, 4.69) is 10.0 Å². The molecule has 0 aliphatic heterocycles. The van der Waals surface area contributed by atoms with Crippen molar-refractivity contribution < 1.29 is 17.6 Å². The Labute approximate surface area is 129 Å². The largest absolute Gasteiger partial charge is 0.467 e. The van der Waals surface area contributed by atoms with Crippen molar-refractivity contribution in [3.8, 4) is 0 Å². The third-order valence-corrected chi connectivity index (χ3v) is 4.63. The number of nitrogens with one attached hydrogen (secondary N) is 2. The highest BCUT2D eigenvalue weighted by molar-refractivity contribution is 7.89. The van der Waals surface area contributed by atoms with E-state index in [1.807, 2.05) is 6.92 Å². The zero-order valence-electron chi connectivity index (χ0n) is 12.4. The van der Waals surface area contributed by atoms with Gasteiger partial charge >= 0.3 is 0 Å². The molecule has 1 unspecified atom stereocenters. The maximum absolute atomic E-state index is 12.2. The second kappa shape index (κ2) is 6.76. The van der Waals surface area contributed by atoms with Gasteiger partial charge in [-0.15, -0.1) is 0 Å². The Kier molecular flexibility index (Phi) is 4.99. The second-order valence-electron chi connectivity index (χ2n) is 4.95. The van der Waals surface area contributed by atoms with Gasteiger partial charge < -0.3 is 9.73 Å². The van der Waals surface area contributed by atoms with Crippen LogP contribution in [0.1, 0.15) is 18.2 Å². The van der Waals surface area contributed by atoms with Gasteiger partial charge in [0.05, 0.1) is 23.7 Å². The SMILES string of the molecule is Cc1ccc(S(=O)(=O)NC(C)C(=O)NCc2ccco2)cc1. The zero-order valence-corrected chi connectivity index (χ0v) is 13.2. The van der Waals surface area contributed by atoms with Gasteiger partial charge in [0.1, 0.15) is 5.76 Å². The molecule has 0 spiro atoms. The number of furan rings is 1. The highest BCUT2D eigenvalue weighted by atomic mass is 32.2. The summed E-state index contributed by atoms with van der Waals surface area (Å²) in [4.78, 5) is 12.1. The highest BCUT2D eigenvalue weighted by Crippen LogP contribution is 2.10. The normalized spacial score (nSPS) is 12.8. The third kappa shape index (κ3) is 4.19. The molecule has 22 heavy (non-hydrogen) atoms. The van der Waals surface area contributed by atoms with E-state index in [0.29, 0.717) is 5.76 Å². The van der Waals surface area contributed by atoms with Crippen LogP contribution in [-0.2, 0) is 21.4 Å². The fraction of sp³-hybridized carbons (Fsp3) is 0.267. The molecule has 2 N–H and O–H groups in total. The fourth-order valence-corrected chi connectivity index (χ4v) is 3.02. The van der Waals surface area contributed by atoms with E-state index in [1.165, 1.54) is 25.3 Å². The molecule has 0 aliphatic rings. The number of carbonyl (C=O) groups excluding carboxylic acids is 1. The molecule has 1 amide bonds. The molecule has 0 saturated carbocycles. The Bertz CT molecular complexity index is 721. The van der Waals surface area contributed by atoms with E-state index in [1.54, 1.807) is 24.3 Å². The number of rotatable bonds is 6. The molecule has 0 fully saturated rings. The Balaban J connectivity index is 1.96. The lowest BCUT2D eigenvalue weighted by Gasteiger charge is -2.14. The predicted octanol–water partition coefficient (Wildman–Crippen LogP) is 1.57. The van der Waals surface area contributed by atoms with Gasteiger partial charge in [-0.25, -0.2) is 8.42 Å². The standard InChI is InChI=1S/C15H18N2O4S/c1-11-5-7-14(8-6-11)22(19,20)17-12(2)15(18)16-10-13-4-3-9-21-13/h3-9,12,17H,10H2,1-2H3,(H,16,18). The first-order valence-corrected chi connectivity index (χ1v) is 8.26. The minimum Gasteiger partial charge on any atom is -0.467 e. The number of sulfonamides is 1. The van der Waals surface area contributed by atoms with Gasteiger partial charge in [0.25, 0.3) is 0 Å². The van der Waals surface area contributed by atoms with Crippen LogP contribution in [0.4, 0.5) is 0 Å². The van der Waals surface area contributed by atoms with Crippen molar-refractivity contribution in [2.75, 3.05) is 0 Å². The summed E-state index contributed by atoms with van der Waals surface area (Å²) in [5, 5.41) is 2.61. The van der Waals surface area contributed by atoms with Gasteiger partial charge in [0.15, 0.2) is 0 Å². The maximum Gasteiger partial charge on any atom is 0.241 e. The van der Waals surface area contributed by atoms with Crippen LogP contribution >= 0.6 is 0 Å². The molecule has 0 aliphatic carbocycles. The van der Waals surface area contributed by atoms with Crippen molar-refractivity contribution in [3.05, 3.63) is 54.0 Å². The topological polar surface area (TPSA) is 88.4 Å². The summed E-state index contributed by atoms with van der Waals surface area (Å²) in [6.45, 7) is 3.57. The van der Waals surface area contributed by atoms with Crippen LogP contribution in [0.5, 0.6) is 0 Å². The van der Waals surface area contributed by atoms with Crippen LogP contribution in [0.2, 0.25) is 0 Å². The number of amides is 1. The maximum atomic E-state index is 12.2. The molecular weight excluding hydrogens is 304 g/mol. The summed E-state index contributed by atoms with van der Waals surface area (Å²) < 4.78 is 31.8. The number of benzene rings is 1. The number of carbonyl (C=O) groups is 1. The van der Waals surface area contributed by atoms with E-state index in [0.717, 1.165) is 5.56 Å². The van der Waals surface area contributed by atoms with Gasteiger partial charge in [-0.1, -0.05) is 17.7 Å². The average molecular weight is 322 g/mol. The molecule has 7 heteroatoms. The monoisotopic (exact) mass is 322 g/mol. The van der Waals surface area contributed by atoms with Crippen molar-refractivity contribution in [1.29, 1.82) is 0 Å². The minimum absolute atomic E-state index is 0.129. The van der Waals surface area contributed by atoms with Gasteiger partial charge in [-0.2, -0.15) is 4.72 Å². The summed E-state index contributed by atoms with van der Waals surface area (Å²) in [7, 11) is -3.73. The lowest BCUT2D eigenvalue weighted by Crippen LogP contribution is -2.44. The van der Waals surface area contributed by atoms with Crippen molar-refractivity contribution in [2.45, 2.75) is 31.3 Å². The number of hydrogen-bond donors (Lipinski definition) is 2. The average Bonchev–Trinajstić information content (AvgIpc) is 2.98. The van der Waals surface area contributed by atoms with Crippen LogP contribution < -0.4 is 10.0 Å². The van der Waals surface area contributed by atoms with E-state index in [9.17, 15) is 13.2 Å². The molecule has 2 aromatic rings. The van der Waals surface area contributed by atoms with Crippen LogP contribution in [0.15, 0.2) is 52.0 Å². The van der Waals surface area contributed by atoms with E-state index in [-0.39, 0.29) is 11.4 Å². The second-order valence-corrected chi connectivity index (χ2v) is 6.67. The summed E-state index contributed by atoms with van der Waals surface area (Å²) in [6.07, 6.45) is 1.50. The molecule has 1 aromatic carbocycles. The summed E-state index contributed by atoms with van der Waals surface area (Å²) in [5.74, 6) is 0.175. The van der Waals surface area contributed by atoms with Gasteiger partial charge in [0, 0.05) is 0 Å². The van der Waals surface area contributed by atoms with E-state index < -0.39 is 22.0 Å². The molecule has 1 aromatic heterocycles. The first-order valence-electron chi connectivity index (χ1n) is 6.77. The van der Waals surface area contributed by atoms with Gasteiger partial charge in [0.2, 0.25) is 15.9 Å². The smallest absolute Gasteiger partial charge is 0.241 e. The Hall–Kier alpha value is -2.12. The molecule has 1 heterocycles.